The van der Waals surface area contributed by atoms with Gasteiger partial charge in [0.25, 0.3) is 0 Å². The average molecular weight is 263 g/mol. The van der Waals surface area contributed by atoms with Gasteiger partial charge >= 0.3 is 0 Å². The molecule has 18 heavy (non-hydrogen) atoms. The summed E-state index contributed by atoms with van der Waals surface area (Å²) >= 11 is 1.59. The zero-order chi connectivity index (χ0) is 13.6. The number of nitriles is 1. The van der Waals surface area contributed by atoms with Crippen molar-refractivity contribution in [3.05, 3.63) is 23.8 Å². The number of rotatable bonds is 6. The molecule has 1 aromatic carbocycles. The Balaban J connectivity index is 2.89. The van der Waals surface area contributed by atoms with Crippen LogP contribution in [-0.2, 0) is 0 Å². The van der Waals surface area contributed by atoms with Gasteiger partial charge in [0.2, 0.25) is 0 Å². The molecule has 0 aromatic heterocycles. The standard InChI is InChI=1S/C14H21N3S/c1-4-14(16,5-2)10-17-12-7-6-8-13(18-3)11(12)9-15/h6-8,17H,4-5,10,16H2,1-3H3. The van der Waals surface area contributed by atoms with E-state index < -0.39 is 0 Å². The summed E-state index contributed by atoms with van der Waals surface area (Å²) in [5.74, 6) is 0. The number of thioether (sulfide) groups is 1. The molecular formula is C14H21N3S. The largest absolute Gasteiger partial charge is 0.382 e. The van der Waals surface area contributed by atoms with E-state index in [2.05, 4.69) is 25.2 Å². The summed E-state index contributed by atoms with van der Waals surface area (Å²) in [4.78, 5) is 0.998. The molecule has 0 saturated carbocycles. The summed E-state index contributed by atoms with van der Waals surface area (Å²) in [6, 6.07) is 8.12. The van der Waals surface area contributed by atoms with E-state index in [0.29, 0.717) is 12.1 Å². The van der Waals surface area contributed by atoms with Gasteiger partial charge in [-0.3, -0.25) is 0 Å². The number of hydrogen-bond acceptors (Lipinski definition) is 4. The average Bonchev–Trinajstić information content (AvgIpc) is 2.44. The number of nitrogens with two attached hydrogens (primary N) is 1. The molecule has 0 unspecified atom stereocenters. The summed E-state index contributed by atoms with van der Waals surface area (Å²) in [6.45, 7) is 4.87. The number of hydrogen-bond donors (Lipinski definition) is 2. The van der Waals surface area contributed by atoms with E-state index in [-0.39, 0.29) is 5.54 Å². The molecule has 0 aliphatic carbocycles. The molecule has 1 rings (SSSR count). The van der Waals surface area contributed by atoms with Crippen molar-refractivity contribution in [2.45, 2.75) is 37.1 Å². The van der Waals surface area contributed by atoms with Crippen molar-refractivity contribution in [3.8, 4) is 6.07 Å². The second-order valence-electron chi connectivity index (χ2n) is 4.42. The third-order valence-electron chi connectivity index (χ3n) is 3.40. The van der Waals surface area contributed by atoms with Gasteiger partial charge in [-0.05, 0) is 31.2 Å². The molecule has 0 saturated heterocycles. The van der Waals surface area contributed by atoms with Gasteiger partial charge in [-0.2, -0.15) is 5.26 Å². The predicted molar refractivity (Wildman–Crippen MR) is 78.9 cm³/mol. The molecule has 0 radical (unpaired) electrons. The fourth-order valence-electron chi connectivity index (χ4n) is 1.74. The molecule has 0 heterocycles. The lowest BCUT2D eigenvalue weighted by atomic mass is 9.94. The number of nitrogens with one attached hydrogen (secondary N) is 1. The van der Waals surface area contributed by atoms with E-state index in [1.54, 1.807) is 11.8 Å². The second-order valence-corrected chi connectivity index (χ2v) is 5.27. The molecule has 0 amide bonds. The Morgan fingerprint density at radius 2 is 2.06 bits per heavy atom. The highest BCUT2D eigenvalue weighted by Crippen LogP contribution is 2.26. The smallest absolute Gasteiger partial charge is 0.102 e. The van der Waals surface area contributed by atoms with E-state index in [1.165, 1.54) is 0 Å². The van der Waals surface area contributed by atoms with Crippen LogP contribution >= 0.6 is 11.8 Å². The van der Waals surface area contributed by atoms with Crippen molar-refractivity contribution in [3.63, 3.8) is 0 Å². The maximum Gasteiger partial charge on any atom is 0.102 e. The van der Waals surface area contributed by atoms with Gasteiger partial charge in [-0.1, -0.05) is 19.9 Å². The monoisotopic (exact) mass is 263 g/mol. The van der Waals surface area contributed by atoms with Crippen LogP contribution in [0.15, 0.2) is 23.1 Å². The van der Waals surface area contributed by atoms with Crippen LogP contribution < -0.4 is 11.1 Å². The number of anilines is 1. The highest BCUT2D eigenvalue weighted by molar-refractivity contribution is 7.98. The molecule has 0 aliphatic heterocycles. The Hall–Kier alpha value is -1.18. The molecule has 1 aromatic rings. The third kappa shape index (κ3) is 3.41. The molecule has 0 fully saturated rings. The Morgan fingerprint density at radius 1 is 1.39 bits per heavy atom. The van der Waals surface area contributed by atoms with Crippen LogP contribution in [0.1, 0.15) is 32.3 Å². The van der Waals surface area contributed by atoms with Gasteiger partial charge in [0.05, 0.1) is 11.3 Å². The fraction of sp³-hybridized carbons (Fsp3) is 0.500. The van der Waals surface area contributed by atoms with E-state index in [0.717, 1.165) is 23.4 Å². The second kappa shape index (κ2) is 6.67. The first-order valence-corrected chi connectivity index (χ1v) is 7.42. The first kappa shape index (κ1) is 14.9. The predicted octanol–water partition coefficient (Wildman–Crippen LogP) is 3.21. The van der Waals surface area contributed by atoms with E-state index in [1.807, 2.05) is 24.5 Å². The Bertz CT molecular complexity index is 433. The van der Waals surface area contributed by atoms with Crippen LogP contribution in [0.4, 0.5) is 5.69 Å². The molecule has 4 heteroatoms. The Labute approximate surface area is 114 Å². The van der Waals surface area contributed by atoms with E-state index in [9.17, 15) is 5.26 Å². The lowest BCUT2D eigenvalue weighted by Crippen LogP contribution is -2.45. The SMILES string of the molecule is CCC(N)(CC)CNc1cccc(SC)c1C#N. The van der Waals surface area contributed by atoms with Crippen LogP contribution in [0.5, 0.6) is 0 Å². The minimum absolute atomic E-state index is 0.206. The van der Waals surface area contributed by atoms with Crippen molar-refractivity contribution in [2.75, 3.05) is 18.1 Å². The van der Waals surface area contributed by atoms with E-state index in [4.69, 9.17) is 5.73 Å². The van der Waals surface area contributed by atoms with E-state index >= 15 is 0 Å². The lowest BCUT2D eigenvalue weighted by Gasteiger charge is -2.27. The molecule has 3 nitrogen and oxygen atoms in total. The topological polar surface area (TPSA) is 61.8 Å². The maximum atomic E-state index is 9.24. The highest BCUT2D eigenvalue weighted by atomic mass is 32.2. The van der Waals surface area contributed by atoms with Crippen LogP contribution in [0.25, 0.3) is 0 Å². The Morgan fingerprint density at radius 3 is 2.56 bits per heavy atom. The molecule has 3 N–H and O–H groups in total. The quantitative estimate of drug-likeness (QED) is 0.774. The third-order valence-corrected chi connectivity index (χ3v) is 4.18. The van der Waals surface area contributed by atoms with Crippen LogP contribution in [-0.4, -0.2) is 18.3 Å². The van der Waals surface area contributed by atoms with Crippen molar-refractivity contribution < 1.29 is 0 Å². The van der Waals surface area contributed by atoms with Gasteiger partial charge in [-0.15, -0.1) is 11.8 Å². The number of nitrogens with zero attached hydrogens (tertiary/aromatic N) is 1. The minimum Gasteiger partial charge on any atom is -0.382 e. The van der Waals surface area contributed by atoms with Gasteiger partial charge in [0.15, 0.2) is 0 Å². The summed E-state index contributed by atoms with van der Waals surface area (Å²) in [5.41, 5.74) is 7.63. The molecule has 98 valence electrons. The van der Waals surface area contributed by atoms with Gasteiger partial charge in [-0.25, -0.2) is 0 Å². The normalized spacial score (nSPS) is 11.1. The summed E-state index contributed by atoms with van der Waals surface area (Å²) in [6.07, 6.45) is 3.81. The molecule has 0 aliphatic rings. The highest BCUT2D eigenvalue weighted by Gasteiger charge is 2.20. The minimum atomic E-state index is -0.206. The fourth-order valence-corrected chi connectivity index (χ4v) is 2.31. The molecule has 0 atom stereocenters. The number of benzene rings is 1. The van der Waals surface area contributed by atoms with Crippen molar-refractivity contribution in [1.82, 2.24) is 0 Å². The molecular weight excluding hydrogens is 242 g/mol. The summed E-state index contributed by atoms with van der Waals surface area (Å²) in [7, 11) is 0. The van der Waals surface area contributed by atoms with Gasteiger partial charge < -0.3 is 11.1 Å². The van der Waals surface area contributed by atoms with Crippen LogP contribution in [0.2, 0.25) is 0 Å². The summed E-state index contributed by atoms with van der Waals surface area (Å²) in [5, 5.41) is 12.6. The van der Waals surface area contributed by atoms with Crippen molar-refractivity contribution in [2.24, 2.45) is 5.73 Å². The first-order chi connectivity index (χ1) is 8.60. The van der Waals surface area contributed by atoms with Gasteiger partial charge in [0.1, 0.15) is 6.07 Å². The lowest BCUT2D eigenvalue weighted by molar-refractivity contribution is 0.418. The van der Waals surface area contributed by atoms with Crippen molar-refractivity contribution in [1.29, 1.82) is 5.26 Å². The molecule has 0 spiro atoms. The van der Waals surface area contributed by atoms with Crippen LogP contribution in [0.3, 0.4) is 0 Å². The molecule has 0 bridgehead atoms. The maximum absolute atomic E-state index is 9.24. The van der Waals surface area contributed by atoms with Gasteiger partial charge in [0, 0.05) is 17.0 Å². The summed E-state index contributed by atoms with van der Waals surface area (Å²) < 4.78 is 0. The zero-order valence-corrected chi connectivity index (χ0v) is 12.1. The Kier molecular flexibility index (Phi) is 5.52. The van der Waals surface area contributed by atoms with Crippen molar-refractivity contribution >= 4 is 17.4 Å². The first-order valence-electron chi connectivity index (χ1n) is 6.20. The zero-order valence-electron chi connectivity index (χ0n) is 11.3. The van der Waals surface area contributed by atoms with Crippen LogP contribution in [0, 0.1) is 11.3 Å².